The highest BCUT2D eigenvalue weighted by molar-refractivity contribution is 9.10. The minimum Gasteiger partial charge on any atom is -0.310 e. The first kappa shape index (κ1) is 18.6. The minimum absolute atomic E-state index is 0.185. The zero-order valence-electron chi connectivity index (χ0n) is 13.2. The Hall–Kier alpha value is -0.480. The third-order valence-corrected chi connectivity index (χ3v) is 4.41. The molecule has 0 radical (unpaired) electrons. The van der Waals surface area contributed by atoms with E-state index >= 15 is 0 Å². The van der Waals surface area contributed by atoms with Crippen molar-refractivity contribution in [1.29, 1.82) is 0 Å². The molecule has 0 spiro atoms. The molecule has 1 unspecified atom stereocenters. The van der Waals surface area contributed by atoms with E-state index in [2.05, 4.69) is 42.0 Å². The first-order valence-electron chi connectivity index (χ1n) is 7.93. The van der Waals surface area contributed by atoms with Crippen molar-refractivity contribution < 1.29 is 8.78 Å². The number of nitrogens with one attached hydrogen (secondary N) is 1. The van der Waals surface area contributed by atoms with Gasteiger partial charge < -0.3 is 5.32 Å². The van der Waals surface area contributed by atoms with Gasteiger partial charge in [-0.3, -0.25) is 0 Å². The Bertz CT molecular complexity index is 431. The van der Waals surface area contributed by atoms with Gasteiger partial charge in [-0.25, -0.2) is 8.78 Å². The Morgan fingerprint density at radius 2 is 1.67 bits per heavy atom. The van der Waals surface area contributed by atoms with Crippen LogP contribution in [0.15, 0.2) is 16.6 Å². The topological polar surface area (TPSA) is 12.0 Å². The molecular formula is C17H26BrF2N. The summed E-state index contributed by atoms with van der Waals surface area (Å²) in [6, 6.07) is 2.51. The van der Waals surface area contributed by atoms with E-state index in [0.717, 1.165) is 38.6 Å². The van der Waals surface area contributed by atoms with Crippen molar-refractivity contribution in [3.05, 3.63) is 33.8 Å². The van der Waals surface area contributed by atoms with Crippen LogP contribution in [-0.2, 0) is 0 Å². The quantitative estimate of drug-likeness (QED) is 0.533. The van der Waals surface area contributed by atoms with Crippen molar-refractivity contribution in [2.75, 3.05) is 6.54 Å². The first-order chi connectivity index (χ1) is 10.1. The normalized spacial score (nSPS) is 12.9. The summed E-state index contributed by atoms with van der Waals surface area (Å²) in [7, 11) is 0. The summed E-state index contributed by atoms with van der Waals surface area (Å²) in [5.41, 5.74) is 0.185. The number of hydrogen-bond donors (Lipinski definition) is 1. The molecule has 21 heavy (non-hydrogen) atoms. The van der Waals surface area contributed by atoms with Crippen LogP contribution in [0.5, 0.6) is 0 Å². The van der Waals surface area contributed by atoms with Gasteiger partial charge in [0.05, 0.1) is 4.47 Å². The van der Waals surface area contributed by atoms with Crippen LogP contribution in [0.1, 0.15) is 64.5 Å². The number of halogens is 3. The molecule has 1 atom stereocenters. The van der Waals surface area contributed by atoms with E-state index in [1.54, 1.807) is 0 Å². The van der Waals surface area contributed by atoms with Gasteiger partial charge >= 0.3 is 0 Å². The van der Waals surface area contributed by atoms with Crippen molar-refractivity contribution in [3.8, 4) is 0 Å². The molecule has 1 aromatic carbocycles. The maximum atomic E-state index is 14.5. The number of rotatable bonds is 9. The molecule has 0 heterocycles. The summed E-state index contributed by atoms with van der Waals surface area (Å²) in [6.45, 7) is 7.06. The summed E-state index contributed by atoms with van der Waals surface area (Å²) in [4.78, 5) is 0. The van der Waals surface area contributed by atoms with Gasteiger partial charge in [0.1, 0.15) is 11.6 Å². The molecule has 4 heteroatoms. The Balaban J connectivity index is 3.19. The molecular weight excluding hydrogens is 336 g/mol. The predicted octanol–water partition coefficient (Wildman–Crippen LogP) is 5.98. The van der Waals surface area contributed by atoms with Crippen LogP contribution in [0.25, 0.3) is 0 Å². The number of benzene rings is 1. The Kier molecular flexibility index (Phi) is 8.42. The summed E-state index contributed by atoms with van der Waals surface area (Å²) < 4.78 is 29.0. The fraction of sp³-hybridized carbons (Fsp3) is 0.647. The van der Waals surface area contributed by atoms with Gasteiger partial charge in [-0.05, 0) is 59.8 Å². The molecule has 1 rings (SSSR count). The molecule has 0 bridgehead atoms. The van der Waals surface area contributed by atoms with Gasteiger partial charge in [0, 0.05) is 11.6 Å². The summed E-state index contributed by atoms with van der Waals surface area (Å²) in [5.74, 6) is -0.674. The highest BCUT2D eigenvalue weighted by Crippen LogP contribution is 2.35. The zero-order chi connectivity index (χ0) is 15.8. The Labute approximate surface area is 135 Å². The van der Waals surface area contributed by atoms with Crippen LogP contribution in [0.2, 0.25) is 0 Å². The average Bonchev–Trinajstić information content (AvgIpc) is 2.46. The van der Waals surface area contributed by atoms with Crippen LogP contribution in [0, 0.1) is 17.6 Å². The van der Waals surface area contributed by atoms with Gasteiger partial charge in [0.2, 0.25) is 0 Å². The lowest BCUT2D eigenvalue weighted by Gasteiger charge is -2.29. The summed E-state index contributed by atoms with van der Waals surface area (Å²) in [5, 5.41) is 3.36. The van der Waals surface area contributed by atoms with Gasteiger partial charge in [-0.15, -0.1) is 0 Å². The second-order valence-corrected chi connectivity index (χ2v) is 6.38. The predicted molar refractivity (Wildman–Crippen MR) is 88.4 cm³/mol. The first-order valence-corrected chi connectivity index (χ1v) is 8.72. The Morgan fingerprint density at radius 1 is 1.05 bits per heavy atom. The molecule has 0 saturated heterocycles. The van der Waals surface area contributed by atoms with Crippen LogP contribution in [-0.4, -0.2) is 6.54 Å². The maximum absolute atomic E-state index is 14.5. The van der Waals surface area contributed by atoms with Crippen LogP contribution >= 0.6 is 15.9 Å². The highest BCUT2D eigenvalue weighted by Gasteiger charge is 2.28. The van der Waals surface area contributed by atoms with Gasteiger partial charge in [-0.1, -0.05) is 33.6 Å². The molecule has 1 N–H and O–H groups in total. The lowest BCUT2D eigenvalue weighted by Crippen LogP contribution is -2.31. The van der Waals surface area contributed by atoms with E-state index in [4.69, 9.17) is 0 Å². The van der Waals surface area contributed by atoms with E-state index in [1.807, 2.05) is 0 Å². The lowest BCUT2D eigenvalue weighted by atomic mass is 9.85. The van der Waals surface area contributed by atoms with Crippen molar-refractivity contribution in [2.45, 2.75) is 58.9 Å². The van der Waals surface area contributed by atoms with E-state index < -0.39 is 11.6 Å². The zero-order valence-corrected chi connectivity index (χ0v) is 14.8. The van der Waals surface area contributed by atoms with Crippen molar-refractivity contribution in [3.63, 3.8) is 0 Å². The second-order valence-electron chi connectivity index (χ2n) is 5.53. The van der Waals surface area contributed by atoms with E-state index in [1.165, 1.54) is 12.1 Å². The summed E-state index contributed by atoms with van der Waals surface area (Å²) in [6.07, 6.45) is 4.93. The van der Waals surface area contributed by atoms with Gasteiger partial charge in [0.25, 0.3) is 0 Å². The largest absolute Gasteiger partial charge is 0.310 e. The molecule has 0 amide bonds. The second kappa shape index (κ2) is 9.52. The van der Waals surface area contributed by atoms with Crippen molar-refractivity contribution in [1.82, 2.24) is 5.32 Å². The fourth-order valence-electron chi connectivity index (χ4n) is 2.85. The SMILES string of the molecule is CCCNC(c1c(F)ccc(Br)c1F)C(CCC)CCC. The van der Waals surface area contributed by atoms with E-state index in [0.29, 0.717) is 4.47 Å². The highest BCUT2D eigenvalue weighted by atomic mass is 79.9. The fourth-order valence-corrected chi connectivity index (χ4v) is 3.20. The molecule has 0 aromatic heterocycles. The van der Waals surface area contributed by atoms with Gasteiger partial charge in [0.15, 0.2) is 0 Å². The molecule has 1 aromatic rings. The third-order valence-electron chi connectivity index (χ3n) is 3.80. The van der Waals surface area contributed by atoms with Crippen LogP contribution in [0.3, 0.4) is 0 Å². The van der Waals surface area contributed by atoms with Crippen molar-refractivity contribution >= 4 is 15.9 Å². The standard InChI is InChI=1S/C17H26BrF2N/c1-4-7-12(8-5-2)17(21-11-6-3)15-14(19)10-9-13(18)16(15)20/h9-10,12,17,21H,4-8,11H2,1-3H3. The van der Waals surface area contributed by atoms with Crippen LogP contribution < -0.4 is 5.32 Å². The molecule has 0 aliphatic rings. The summed E-state index contributed by atoms with van der Waals surface area (Å²) >= 11 is 3.17. The molecule has 0 saturated carbocycles. The molecule has 1 nitrogen and oxygen atoms in total. The monoisotopic (exact) mass is 361 g/mol. The molecule has 120 valence electrons. The van der Waals surface area contributed by atoms with E-state index in [-0.39, 0.29) is 17.5 Å². The maximum Gasteiger partial charge on any atom is 0.145 e. The molecule has 0 aliphatic carbocycles. The average molecular weight is 362 g/mol. The number of hydrogen-bond acceptors (Lipinski definition) is 1. The molecule has 0 aliphatic heterocycles. The Morgan fingerprint density at radius 3 is 2.19 bits per heavy atom. The third kappa shape index (κ3) is 5.03. The van der Waals surface area contributed by atoms with Crippen LogP contribution in [0.4, 0.5) is 8.78 Å². The smallest absolute Gasteiger partial charge is 0.145 e. The van der Waals surface area contributed by atoms with E-state index in [9.17, 15) is 8.78 Å². The lowest BCUT2D eigenvalue weighted by molar-refractivity contribution is 0.301. The minimum atomic E-state index is -0.471. The van der Waals surface area contributed by atoms with Crippen molar-refractivity contribution in [2.24, 2.45) is 5.92 Å². The molecule has 0 fully saturated rings. The van der Waals surface area contributed by atoms with Gasteiger partial charge in [-0.2, -0.15) is 0 Å².